The van der Waals surface area contributed by atoms with E-state index in [4.69, 9.17) is 0 Å². The first kappa shape index (κ1) is 21.2. The lowest BCUT2D eigenvalue weighted by Crippen LogP contribution is -2.23. The molecule has 10 heteroatoms. The molecule has 1 amide bonds. The Morgan fingerprint density at radius 1 is 1.17 bits per heavy atom. The van der Waals surface area contributed by atoms with Crippen LogP contribution in [0.1, 0.15) is 16.7 Å². The fourth-order valence-electron chi connectivity index (χ4n) is 2.69. The normalized spacial score (nSPS) is 12.1. The van der Waals surface area contributed by atoms with Gasteiger partial charge >= 0.3 is 6.18 Å². The number of halogens is 4. The maximum Gasteiger partial charge on any atom is 0.416 e. The maximum atomic E-state index is 13.1. The lowest BCUT2D eigenvalue weighted by molar-refractivity contribution is -0.137. The van der Waals surface area contributed by atoms with E-state index in [1.165, 1.54) is 40.6 Å². The lowest BCUT2D eigenvalue weighted by atomic mass is 10.1. The first-order valence-corrected chi connectivity index (χ1v) is 8.71. The Hall–Kier alpha value is -3.56. The van der Waals surface area contributed by atoms with E-state index >= 15 is 0 Å². The molecule has 0 spiro atoms. The van der Waals surface area contributed by atoms with E-state index < -0.39 is 18.4 Å². The molecule has 0 bridgehead atoms. The largest absolute Gasteiger partial charge is 0.416 e. The summed E-state index contributed by atoms with van der Waals surface area (Å²) in [5, 5.41) is 4.14. The van der Waals surface area contributed by atoms with Crippen molar-refractivity contribution in [3.63, 3.8) is 0 Å². The second-order valence-electron chi connectivity index (χ2n) is 6.58. The van der Waals surface area contributed by atoms with Gasteiger partial charge in [0.25, 0.3) is 5.91 Å². The van der Waals surface area contributed by atoms with Crippen molar-refractivity contribution in [2.45, 2.75) is 12.9 Å². The summed E-state index contributed by atoms with van der Waals surface area (Å²) in [5.74, 6) is -0.338. The molecule has 3 aromatic rings. The Kier molecular flexibility index (Phi) is 5.95. The van der Waals surface area contributed by atoms with Crippen LogP contribution in [-0.4, -0.2) is 44.7 Å². The number of nitrogens with zero attached hydrogens (tertiary/aromatic N) is 5. The Bertz CT molecular complexity index is 1070. The van der Waals surface area contributed by atoms with E-state index in [2.05, 4.69) is 15.1 Å². The smallest absolute Gasteiger partial charge is 0.345 e. The number of carbonyl (C=O) groups excluding carboxylic acids is 1. The zero-order valence-corrected chi connectivity index (χ0v) is 16.1. The Balaban J connectivity index is 2.04. The number of benzene rings is 1. The van der Waals surface area contributed by atoms with Crippen molar-refractivity contribution in [1.82, 2.24) is 24.6 Å². The van der Waals surface area contributed by atoms with Gasteiger partial charge in [-0.3, -0.25) is 9.78 Å². The number of alkyl halides is 4. The predicted molar refractivity (Wildman–Crippen MR) is 102 cm³/mol. The van der Waals surface area contributed by atoms with Crippen LogP contribution in [0.5, 0.6) is 0 Å². The number of pyridine rings is 1. The summed E-state index contributed by atoms with van der Waals surface area (Å²) in [6, 6.07) is 6.15. The number of hydrogen-bond donors (Lipinski definition) is 0. The molecule has 0 aliphatic carbocycles. The molecule has 1 aromatic carbocycles. The molecule has 156 valence electrons. The van der Waals surface area contributed by atoms with Gasteiger partial charge in [-0.2, -0.15) is 13.2 Å². The maximum absolute atomic E-state index is 13.1. The Morgan fingerprint density at radius 2 is 1.87 bits per heavy atom. The summed E-state index contributed by atoms with van der Waals surface area (Å²) in [6.07, 6.45) is 1.10. The first-order valence-electron chi connectivity index (χ1n) is 8.71. The van der Waals surface area contributed by atoms with E-state index in [0.717, 1.165) is 12.1 Å². The van der Waals surface area contributed by atoms with Crippen molar-refractivity contribution in [3.8, 4) is 11.4 Å². The van der Waals surface area contributed by atoms with E-state index in [-0.39, 0.29) is 28.4 Å². The minimum absolute atomic E-state index is 0.0222. The second kappa shape index (κ2) is 8.44. The highest BCUT2D eigenvalue weighted by molar-refractivity contribution is 6.22. The number of amides is 1. The predicted octanol–water partition coefficient (Wildman–Crippen LogP) is 3.91. The van der Waals surface area contributed by atoms with Crippen molar-refractivity contribution in [2.75, 3.05) is 14.1 Å². The van der Waals surface area contributed by atoms with Crippen LogP contribution in [0.4, 0.5) is 17.6 Å². The molecule has 0 aliphatic heterocycles. The van der Waals surface area contributed by atoms with Crippen molar-refractivity contribution in [1.29, 1.82) is 0 Å². The summed E-state index contributed by atoms with van der Waals surface area (Å²) < 4.78 is 53.6. The van der Waals surface area contributed by atoms with Gasteiger partial charge in [0.15, 0.2) is 5.82 Å². The molecule has 0 fully saturated rings. The van der Waals surface area contributed by atoms with Gasteiger partial charge in [-0.15, -0.1) is 5.10 Å². The summed E-state index contributed by atoms with van der Waals surface area (Å²) in [4.78, 5) is 21.9. The van der Waals surface area contributed by atoms with Gasteiger partial charge in [0, 0.05) is 38.3 Å². The highest BCUT2D eigenvalue weighted by Crippen LogP contribution is 2.33. The van der Waals surface area contributed by atoms with Crippen LogP contribution in [0.2, 0.25) is 0 Å². The molecule has 6 nitrogen and oxygen atoms in total. The van der Waals surface area contributed by atoms with Crippen molar-refractivity contribution in [3.05, 3.63) is 65.7 Å². The second-order valence-corrected chi connectivity index (χ2v) is 6.58. The van der Waals surface area contributed by atoms with Gasteiger partial charge in [-0.1, -0.05) is 0 Å². The molecule has 0 atom stereocenters. The molecule has 2 heterocycles. The van der Waals surface area contributed by atoms with Crippen molar-refractivity contribution in [2.24, 2.45) is 0 Å². The monoisotopic (exact) mass is 419 g/mol. The molecule has 3 rings (SSSR count). The van der Waals surface area contributed by atoms with Gasteiger partial charge in [0.05, 0.1) is 11.1 Å². The number of rotatable bonds is 5. The van der Waals surface area contributed by atoms with Crippen LogP contribution in [0, 0.1) is 0 Å². The molecular formula is C20H17F4N5O. The zero-order valence-electron chi connectivity index (χ0n) is 16.1. The summed E-state index contributed by atoms with van der Waals surface area (Å²) in [7, 11) is 3.18. The fourth-order valence-corrected chi connectivity index (χ4v) is 2.69. The molecule has 0 aliphatic rings. The molecule has 0 radical (unpaired) electrons. The summed E-state index contributed by atoms with van der Waals surface area (Å²) >= 11 is 0. The summed E-state index contributed by atoms with van der Waals surface area (Å²) in [5.41, 5.74) is -0.229. The van der Waals surface area contributed by atoms with Crippen LogP contribution >= 0.6 is 0 Å². The molecule has 0 saturated carbocycles. The fraction of sp³-hybridized carbons (Fsp3) is 0.200. The van der Waals surface area contributed by atoms with Crippen LogP contribution in [0.15, 0.2) is 49.1 Å². The van der Waals surface area contributed by atoms with Gasteiger partial charge in [0.1, 0.15) is 13.0 Å². The standard InChI is InChI=1S/C20H17F4N5O/c1-28(2)19(30)17(14-3-5-25-6-4-14)11-29-12-26-18(27-29)15-7-13(10-21)8-16(9-15)20(22,23)24/h3-9,11-12H,10H2,1-2H3. The van der Waals surface area contributed by atoms with Crippen molar-refractivity contribution >= 4 is 17.7 Å². The molecule has 0 saturated heterocycles. The number of hydrogen-bond acceptors (Lipinski definition) is 4. The van der Waals surface area contributed by atoms with Crippen LogP contribution in [-0.2, 0) is 17.6 Å². The van der Waals surface area contributed by atoms with E-state index in [9.17, 15) is 22.4 Å². The van der Waals surface area contributed by atoms with Crippen molar-refractivity contribution < 1.29 is 22.4 Å². The number of carbonyl (C=O) groups is 1. The SMILES string of the molecule is CN(C)C(=O)C(=Cn1cnc(-c2cc(CF)cc(C(F)(F)F)c2)n1)c1ccncc1. The molecule has 30 heavy (non-hydrogen) atoms. The molecule has 2 aromatic heterocycles. The average molecular weight is 419 g/mol. The highest BCUT2D eigenvalue weighted by atomic mass is 19.4. The van der Waals surface area contributed by atoms with Crippen LogP contribution in [0.3, 0.4) is 0 Å². The van der Waals surface area contributed by atoms with Gasteiger partial charge in [0.2, 0.25) is 0 Å². The number of likely N-dealkylation sites (N-methyl/N-ethyl adjacent to an activating group) is 1. The minimum Gasteiger partial charge on any atom is -0.345 e. The highest BCUT2D eigenvalue weighted by Gasteiger charge is 2.31. The third-order valence-corrected chi connectivity index (χ3v) is 4.13. The lowest BCUT2D eigenvalue weighted by Gasteiger charge is -2.13. The Labute approximate surface area is 169 Å². The van der Waals surface area contributed by atoms with Gasteiger partial charge < -0.3 is 4.90 Å². The quantitative estimate of drug-likeness (QED) is 0.465. The van der Waals surface area contributed by atoms with Gasteiger partial charge in [-0.05, 0) is 41.5 Å². The third-order valence-electron chi connectivity index (χ3n) is 4.13. The third kappa shape index (κ3) is 4.70. The molecule has 0 unspecified atom stereocenters. The molecular weight excluding hydrogens is 402 g/mol. The minimum atomic E-state index is -4.63. The van der Waals surface area contributed by atoms with Crippen LogP contribution in [0.25, 0.3) is 23.2 Å². The van der Waals surface area contributed by atoms with E-state index in [1.54, 1.807) is 26.2 Å². The van der Waals surface area contributed by atoms with E-state index in [0.29, 0.717) is 5.56 Å². The first-order chi connectivity index (χ1) is 14.2. The van der Waals surface area contributed by atoms with Crippen LogP contribution < -0.4 is 0 Å². The summed E-state index contributed by atoms with van der Waals surface area (Å²) in [6.45, 7) is -1.05. The molecule has 0 N–H and O–H groups in total. The van der Waals surface area contributed by atoms with Gasteiger partial charge in [-0.25, -0.2) is 14.1 Å². The number of aromatic nitrogens is 4. The Morgan fingerprint density at radius 3 is 2.47 bits per heavy atom. The zero-order chi connectivity index (χ0) is 21.9. The topological polar surface area (TPSA) is 63.9 Å². The van der Waals surface area contributed by atoms with E-state index in [1.807, 2.05) is 0 Å². The average Bonchev–Trinajstić information content (AvgIpc) is 3.20.